The fraction of sp³-hybridized carbons (Fsp3) is 0.857. The molecule has 3 aliphatic heterocycles. The van der Waals surface area contributed by atoms with Gasteiger partial charge in [-0.3, -0.25) is 14.4 Å². The number of ether oxygens (including phenoxy) is 9. The molecule has 3 aliphatic rings. The quantitative estimate of drug-likeness (QED) is 0.355. The second-order valence-corrected chi connectivity index (χ2v) is 8.54. The van der Waals surface area contributed by atoms with Gasteiger partial charge in [0.05, 0.1) is 6.61 Å². The molecule has 0 spiro atoms. The monoisotopic (exact) mass is 476 g/mol. The third-order valence-corrected chi connectivity index (χ3v) is 5.34. The normalized spacial score (nSPS) is 37.3. The van der Waals surface area contributed by atoms with Crippen LogP contribution in [0.3, 0.4) is 0 Å². The second kappa shape index (κ2) is 10.6. The Kier molecular flexibility index (Phi) is 8.30. The highest BCUT2D eigenvalue weighted by atomic mass is 16.8. The van der Waals surface area contributed by atoms with Crippen LogP contribution in [0.2, 0.25) is 0 Å². The molecule has 0 aliphatic carbocycles. The van der Waals surface area contributed by atoms with Crippen molar-refractivity contribution in [3.05, 3.63) is 0 Å². The van der Waals surface area contributed by atoms with Gasteiger partial charge in [-0.05, 0) is 13.8 Å². The topological polar surface area (TPSA) is 134 Å². The Bertz CT molecular complexity index is 724. The molecule has 4 unspecified atom stereocenters. The molecular weight excluding hydrogens is 444 g/mol. The summed E-state index contributed by atoms with van der Waals surface area (Å²) >= 11 is 0. The van der Waals surface area contributed by atoms with E-state index in [1.807, 2.05) is 0 Å². The van der Waals surface area contributed by atoms with E-state index in [1.54, 1.807) is 13.8 Å². The molecule has 0 amide bonds. The molecule has 0 aromatic heterocycles. The van der Waals surface area contributed by atoms with E-state index < -0.39 is 72.9 Å². The third kappa shape index (κ3) is 6.61. The highest BCUT2D eigenvalue weighted by Gasteiger charge is 2.56. The Labute approximate surface area is 192 Å². The van der Waals surface area contributed by atoms with Crippen LogP contribution in [-0.4, -0.2) is 93.2 Å². The van der Waals surface area contributed by atoms with Gasteiger partial charge < -0.3 is 42.6 Å². The molecule has 0 saturated carbocycles. The summed E-state index contributed by atoms with van der Waals surface area (Å²) in [6.07, 6.45) is -5.45. The smallest absolute Gasteiger partial charge is 0.303 e. The van der Waals surface area contributed by atoms with Crippen LogP contribution >= 0.6 is 0 Å². The van der Waals surface area contributed by atoms with Gasteiger partial charge in [0.25, 0.3) is 0 Å². The lowest BCUT2D eigenvalue weighted by Gasteiger charge is -2.40. The SMILES string of the molecule is CO[C@@H]1O[C@H](COC2CC(OC(C)=O)C(OC(C)=O)C(COC(C)=O)O2)[C@H]2OC(C)(C)O[C@@H]12. The Morgan fingerprint density at radius 1 is 0.879 bits per heavy atom. The van der Waals surface area contributed by atoms with Crippen molar-refractivity contribution in [2.45, 2.75) is 96.0 Å². The summed E-state index contributed by atoms with van der Waals surface area (Å²) < 4.78 is 50.6. The van der Waals surface area contributed by atoms with E-state index >= 15 is 0 Å². The molecule has 3 heterocycles. The number of esters is 3. The Balaban J connectivity index is 1.68. The van der Waals surface area contributed by atoms with Gasteiger partial charge in [-0.25, -0.2) is 0 Å². The molecule has 0 bridgehead atoms. The van der Waals surface area contributed by atoms with Gasteiger partial charge >= 0.3 is 17.9 Å². The first-order valence-electron chi connectivity index (χ1n) is 10.8. The van der Waals surface area contributed by atoms with Crippen molar-refractivity contribution in [2.75, 3.05) is 20.3 Å². The summed E-state index contributed by atoms with van der Waals surface area (Å²) in [5.41, 5.74) is 0. The van der Waals surface area contributed by atoms with Crippen molar-refractivity contribution in [3.8, 4) is 0 Å². The molecule has 3 fully saturated rings. The summed E-state index contributed by atoms with van der Waals surface area (Å²) in [5, 5.41) is 0. The van der Waals surface area contributed by atoms with Crippen LogP contribution in [-0.2, 0) is 57.0 Å². The fourth-order valence-electron chi connectivity index (χ4n) is 4.17. The van der Waals surface area contributed by atoms with Gasteiger partial charge in [0.1, 0.15) is 37.1 Å². The van der Waals surface area contributed by atoms with Crippen molar-refractivity contribution in [1.82, 2.24) is 0 Å². The number of carbonyl (C=O) groups excluding carboxylic acids is 3. The van der Waals surface area contributed by atoms with Crippen LogP contribution in [0.15, 0.2) is 0 Å². The van der Waals surface area contributed by atoms with Gasteiger partial charge in [0.15, 0.2) is 24.5 Å². The fourth-order valence-corrected chi connectivity index (χ4v) is 4.17. The predicted molar refractivity (Wildman–Crippen MR) is 106 cm³/mol. The number of carbonyl (C=O) groups is 3. The number of fused-ring (bicyclic) bond motifs is 1. The summed E-state index contributed by atoms with van der Waals surface area (Å²) in [5.74, 6) is -2.48. The molecule has 12 heteroatoms. The molecule has 3 saturated heterocycles. The molecule has 0 aromatic carbocycles. The highest BCUT2D eigenvalue weighted by molar-refractivity contribution is 5.67. The maximum atomic E-state index is 11.7. The predicted octanol–water partition coefficient (Wildman–Crippen LogP) is 0.436. The van der Waals surface area contributed by atoms with Crippen molar-refractivity contribution in [1.29, 1.82) is 0 Å². The second-order valence-electron chi connectivity index (χ2n) is 8.54. The maximum Gasteiger partial charge on any atom is 0.303 e. The Hall–Kier alpha value is -1.83. The number of rotatable bonds is 8. The number of hydrogen-bond acceptors (Lipinski definition) is 12. The average Bonchev–Trinajstić information content (AvgIpc) is 3.18. The summed E-state index contributed by atoms with van der Waals surface area (Å²) in [7, 11) is 1.52. The largest absolute Gasteiger partial charge is 0.463 e. The summed E-state index contributed by atoms with van der Waals surface area (Å²) in [4.78, 5) is 34.6. The molecule has 33 heavy (non-hydrogen) atoms. The summed E-state index contributed by atoms with van der Waals surface area (Å²) in [6, 6.07) is 0. The lowest BCUT2D eigenvalue weighted by atomic mass is 10.0. The first-order valence-corrected chi connectivity index (χ1v) is 10.8. The lowest BCUT2D eigenvalue weighted by Crippen LogP contribution is -2.54. The minimum Gasteiger partial charge on any atom is -0.463 e. The van der Waals surface area contributed by atoms with E-state index in [2.05, 4.69) is 0 Å². The first kappa shape index (κ1) is 25.8. The van der Waals surface area contributed by atoms with Crippen LogP contribution in [0.4, 0.5) is 0 Å². The van der Waals surface area contributed by atoms with Gasteiger partial charge in [-0.15, -0.1) is 0 Å². The van der Waals surface area contributed by atoms with Gasteiger partial charge in [0, 0.05) is 34.3 Å². The van der Waals surface area contributed by atoms with Gasteiger partial charge in [0.2, 0.25) is 0 Å². The van der Waals surface area contributed by atoms with E-state index in [0.29, 0.717) is 0 Å². The minimum atomic E-state index is -0.969. The zero-order valence-electron chi connectivity index (χ0n) is 19.6. The molecule has 3 rings (SSSR count). The van der Waals surface area contributed by atoms with E-state index in [1.165, 1.54) is 27.9 Å². The number of hydrogen-bond donors (Lipinski definition) is 0. The molecular formula is C21H32O12. The molecule has 188 valence electrons. The highest BCUT2D eigenvalue weighted by Crippen LogP contribution is 2.39. The van der Waals surface area contributed by atoms with E-state index in [4.69, 9.17) is 42.6 Å². The molecule has 0 radical (unpaired) electrons. The van der Waals surface area contributed by atoms with Crippen LogP contribution in [0.1, 0.15) is 41.0 Å². The van der Waals surface area contributed by atoms with E-state index in [-0.39, 0.29) is 19.6 Å². The standard InChI is InChI=1S/C21H32O12/c1-10(22)26-8-14-17(29-12(3)24)13(28-11(2)23)7-16(30-14)27-9-15-18-19(20(25-6)31-15)33-21(4,5)32-18/h13-20H,7-9H2,1-6H3/t13?,14?,15-,16?,17?,18-,19-,20-/m1/s1. The Morgan fingerprint density at radius 2 is 1.55 bits per heavy atom. The third-order valence-electron chi connectivity index (χ3n) is 5.34. The molecule has 12 nitrogen and oxygen atoms in total. The van der Waals surface area contributed by atoms with E-state index in [9.17, 15) is 14.4 Å². The van der Waals surface area contributed by atoms with Gasteiger partial charge in [-0.2, -0.15) is 0 Å². The maximum absolute atomic E-state index is 11.7. The zero-order chi connectivity index (χ0) is 24.3. The van der Waals surface area contributed by atoms with Crippen LogP contribution < -0.4 is 0 Å². The zero-order valence-corrected chi connectivity index (χ0v) is 19.6. The van der Waals surface area contributed by atoms with Crippen molar-refractivity contribution < 1.29 is 57.0 Å². The minimum absolute atomic E-state index is 0.0659. The number of methoxy groups -OCH3 is 1. The molecule has 0 N–H and O–H groups in total. The van der Waals surface area contributed by atoms with Crippen LogP contribution in [0, 0.1) is 0 Å². The summed E-state index contributed by atoms with van der Waals surface area (Å²) in [6.45, 7) is 7.17. The molecule has 0 aromatic rings. The molecule has 8 atom stereocenters. The lowest BCUT2D eigenvalue weighted by molar-refractivity contribution is -0.278. The van der Waals surface area contributed by atoms with E-state index in [0.717, 1.165) is 0 Å². The Morgan fingerprint density at radius 3 is 2.15 bits per heavy atom. The van der Waals surface area contributed by atoms with Crippen LogP contribution in [0.5, 0.6) is 0 Å². The van der Waals surface area contributed by atoms with Crippen LogP contribution in [0.25, 0.3) is 0 Å². The van der Waals surface area contributed by atoms with Gasteiger partial charge in [-0.1, -0.05) is 0 Å². The van der Waals surface area contributed by atoms with Crippen molar-refractivity contribution >= 4 is 17.9 Å². The average molecular weight is 476 g/mol. The first-order chi connectivity index (χ1) is 15.5. The van der Waals surface area contributed by atoms with Crippen molar-refractivity contribution in [2.24, 2.45) is 0 Å². The van der Waals surface area contributed by atoms with Crippen molar-refractivity contribution in [3.63, 3.8) is 0 Å².